The summed E-state index contributed by atoms with van der Waals surface area (Å²) in [6.45, 7) is 0. The van der Waals surface area contributed by atoms with Gasteiger partial charge < -0.3 is 9.15 Å². The normalized spacial score (nSPS) is 10.9. The van der Waals surface area contributed by atoms with E-state index in [0.29, 0.717) is 10.9 Å². The Morgan fingerprint density at radius 2 is 2.29 bits per heavy atom. The number of halogens is 1. The van der Waals surface area contributed by atoms with E-state index in [1.807, 2.05) is 23.6 Å². The van der Waals surface area contributed by atoms with Gasteiger partial charge in [0.15, 0.2) is 5.13 Å². The van der Waals surface area contributed by atoms with Crippen LogP contribution in [0.5, 0.6) is 5.75 Å². The monoisotopic (exact) mass is 404 g/mol. The van der Waals surface area contributed by atoms with Crippen LogP contribution in [0.15, 0.2) is 56.9 Å². The summed E-state index contributed by atoms with van der Waals surface area (Å²) in [5.74, 6) is 1.11. The number of methoxy groups -OCH3 is 1. The van der Waals surface area contributed by atoms with E-state index in [4.69, 9.17) is 9.15 Å². The van der Waals surface area contributed by atoms with Crippen molar-refractivity contribution in [3.05, 3.63) is 58.3 Å². The second-order valence-electron chi connectivity index (χ2n) is 4.73. The summed E-state index contributed by atoms with van der Waals surface area (Å²) in [4.78, 5) is 16.3. The zero-order valence-corrected chi connectivity index (χ0v) is 15.1. The molecule has 1 aromatic carbocycles. The van der Waals surface area contributed by atoms with Gasteiger partial charge in [-0.05, 0) is 52.3 Å². The SMILES string of the molecule is COc1ccc(-c2csc(NC(=O)/C=C/c3ccco3)n2)cc1Br. The third-order valence-electron chi connectivity index (χ3n) is 3.12. The van der Waals surface area contributed by atoms with Crippen molar-refractivity contribution in [1.82, 2.24) is 4.98 Å². The predicted molar refractivity (Wildman–Crippen MR) is 98.2 cm³/mol. The first-order valence-electron chi connectivity index (χ1n) is 6.98. The third-order valence-corrected chi connectivity index (χ3v) is 4.50. The Bertz CT molecular complexity index is 872. The second-order valence-corrected chi connectivity index (χ2v) is 6.44. The van der Waals surface area contributed by atoms with Crippen molar-refractivity contribution >= 4 is 44.4 Å². The molecule has 1 amide bonds. The van der Waals surface area contributed by atoms with Gasteiger partial charge in [-0.15, -0.1) is 11.3 Å². The summed E-state index contributed by atoms with van der Waals surface area (Å²) in [7, 11) is 1.62. The highest BCUT2D eigenvalue weighted by Crippen LogP contribution is 2.32. The number of benzene rings is 1. The molecular weight excluding hydrogens is 392 g/mol. The molecule has 3 rings (SSSR count). The molecule has 2 heterocycles. The highest BCUT2D eigenvalue weighted by molar-refractivity contribution is 9.10. The van der Waals surface area contributed by atoms with Gasteiger partial charge in [0.05, 0.1) is 23.5 Å². The molecule has 0 saturated carbocycles. The first-order chi connectivity index (χ1) is 11.7. The number of rotatable bonds is 5. The quantitative estimate of drug-likeness (QED) is 0.618. The van der Waals surface area contributed by atoms with Gasteiger partial charge in [0.1, 0.15) is 11.5 Å². The average Bonchev–Trinajstić information content (AvgIpc) is 3.24. The van der Waals surface area contributed by atoms with Gasteiger partial charge in [-0.3, -0.25) is 10.1 Å². The Labute approximate surface area is 151 Å². The van der Waals surface area contributed by atoms with Gasteiger partial charge in [-0.1, -0.05) is 0 Å². The largest absolute Gasteiger partial charge is 0.496 e. The van der Waals surface area contributed by atoms with Gasteiger partial charge in [0.25, 0.3) is 0 Å². The molecule has 24 heavy (non-hydrogen) atoms. The standard InChI is InChI=1S/C17H13BrN2O3S/c1-22-15-6-4-11(9-13(15)18)14-10-24-17(19-14)20-16(21)7-5-12-3-2-8-23-12/h2-10H,1H3,(H,19,20,21)/b7-5+. The fourth-order valence-corrected chi connectivity index (χ4v) is 3.24. The molecule has 0 bridgehead atoms. The summed E-state index contributed by atoms with van der Waals surface area (Å²) in [5.41, 5.74) is 1.72. The predicted octanol–water partition coefficient (Wildman–Crippen LogP) is 4.83. The summed E-state index contributed by atoms with van der Waals surface area (Å²) in [5, 5.41) is 5.16. The van der Waals surface area contributed by atoms with Gasteiger partial charge >= 0.3 is 0 Å². The number of hydrogen-bond donors (Lipinski definition) is 1. The van der Waals surface area contributed by atoms with Crippen LogP contribution < -0.4 is 10.1 Å². The molecule has 2 aromatic heterocycles. The van der Waals surface area contributed by atoms with Crippen LogP contribution in [0.4, 0.5) is 5.13 Å². The highest BCUT2D eigenvalue weighted by atomic mass is 79.9. The number of nitrogens with zero attached hydrogens (tertiary/aromatic N) is 1. The number of carbonyl (C=O) groups is 1. The molecule has 0 aliphatic heterocycles. The zero-order valence-electron chi connectivity index (χ0n) is 12.7. The molecule has 122 valence electrons. The molecular formula is C17H13BrN2O3S. The van der Waals surface area contributed by atoms with Gasteiger partial charge in [0, 0.05) is 17.0 Å². The highest BCUT2D eigenvalue weighted by Gasteiger charge is 2.09. The van der Waals surface area contributed by atoms with Crippen molar-refractivity contribution in [3.63, 3.8) is 0 Å². The Morgan fingerprint density at radius 1 is 1.42 bits per heavy atom. The first-order valence-corrected chi connectivity index (χ1v) is 8.65. The van der Waals surface area contributed by atoms with Crippen molar-refractivity contribution in [2.45, 2.75) is 0 Å². The number of ether oxygens (including phenoxy) is 1. The molecule has 0 spiro atoms. The molecule has 0 radical (unpaired) electrons. The van der Waals surface area contributed by atoms with E-state index >= 15 is 0 Å². The van der Waals surface area contributed by atoms with Crippen LogP contribution in [0.25, 0.3) is 17.3 Å². The summed E-state index contributed by atoms with van der Waals surface area (Å²) in [6, 6.07) is 9.24. The van der Waals surface area contributed by atoms with E-state index in [1.54, 1.807) is 31.6 Å². The van der Waals surface area contributed by atoms with E-state index in [1.165, 1.54) is 17.4 Å². The molecule has 0 aliphatic carbocycles. The second kappa shape index (κ2) is 7.46. The van der Waals surface area contributed by atoms with Gasteiger partial charge in [-0.25, -0.2) is 4.98 Å². The number of nitrogens with one attached hydrogen (secondary N) is 1. The topological polar surface area (TPSA) is 64.4 Å². The molecule has 0 atom stereocenters. The number of thiazole rings is 1. The van der Waals surface area contributed by atoms with Crippen LogP contribution in [0.3, 0.4) is 0 Å². The Kier molecular flexibility index (Phi) is 5.12. The lowest BCUT2D eigenvalue weighted by Crippen LogP contribution is -2.07. The minimum atomic E-state index is -0.261. The summed E-state index contributed by atoms with van der Waals surface area (Å²) < 4.78 is 11.2. The average molecular weight is 405 g/mol. The maximum Gasteiger partial charge on any atom is 0.250 e. The molecule has 0 fully saturated rings. The fraction of sp³-hybridized carbons (Fsp3) is 0.0588. The number of anilines is 1. The smallest absolute Gasteiger partial charge is 0.250 e. The van der Waals surface area contributed by atoms with Crippen molar-refractivity contribution in [2.75, 3.05) is 12.4 Å². The van der Waals surface area contributed by atoms with E-state index in [9.17, 15) is 4.79 Å². The van der Waals surface area contributed by atoms with Crippen LogP contribution in [-0.2, 0) is 4.79 Å². The lowest BCUT2D eigenvalue weighted by atomic mass is 10.2. The summed E-state index contributed by atoms with van der Waals surface area (Å²) in [6.07, 6.45) is 4.56. The number of furan rings is 1. The van der Waals surface area contributed by atoms with Crippen LogP contribution in [0.2, 0.25) is 0 Å². The van der Waals surface area contributed by atoms with Crippen molar-refractivity contribution in [1.29, 1.82) is 0 Å². The van der Waals surface area contributed by atoms with Crippen molar-refractivity contribution in [2.24, 2.45) is 0 Å². The molecule has 3 aromatic rings. The first kappa shape index (κ1) is 16.5. The lowest BCUT2D eigenvalue weighted by molar-refractivity contribution is -0.111. The van der Waals surface area contributed by atoms with Crippen LogP contribution in [0, 0.1) is 0 Å². The Hall–Kier alpha value is -2.38. The van der Waals surface area contributed by atoms with Crippen molar-refractivity contribution in [3.8, 4) is 17.0 Å². The zero-order chi connectivity index (χ0) is 16.9. The maximum atomic E-state index is 11.9. The van der Waals surface area contributed by atoms with E-state index in [-0.39, 0.29) is 5.91 Å². The number of amides is 1. The minimum absolute atomic E-state index is 0.261. The molecule has 0 saturated heterocycles. The summed E-state index contributed by atoms with van der Waals surface area (Å²) >= 11 is 4.82. The number of carbonyl (C=O) groups excluding carboxylic acids is 1. The number of aromatic nitrogens is 1. The van der Waals surface area contributed by atoms with Gasteiger partial charge in [-0.2, -0.15) is 0 Å². The molecule has 0 aliphatic rings. The molecule has 5 nitrogen and oxygen atoms in total. The fourth-order valence-electron chi connectivity index (χ4n) is 1.98. The molecule has 7 heteroatoms. The number of hydrogen-bond acceptors (Lipinski definition) is 5. The van der Waals surface area contributed by atoms with E-state index < -0.39 is 0 Å². The van der Waals surface area contributed by atoms with Gasteiger partial charge in [0.2, 0.25) is 5.91 Å². The van der Waals surface area contributed by atoms with Crippen LogP contribution >= 0.6 is 27.3 Å². The van der Waals surface area contributed by atoms with Crippen molar-refractivity contribution < 1.29 is 13.9 Å². The van der Waals surface area contributed by atoms with Crippen LogP contribution in [-0.4, -0.2) is 18.0 Å². The Morgan fingerprint density at radius 3 is 3.00 bits per heavy atom. The molecule has 0 unspecified atom stereocenters. The third kappa shape index (κ3) is 3.93. The maximum absolute atomic E-state index is 11.9. The molecule has 1 N–H and O–H groups in total. The van der Waals surface area contributed by atoms with Crippen LogP contribution in [0.1, 0.15) is 5.76 Å². The Balaban J connectivity index is 1.69. The lowest BCUT2D eigenvalue weighted by Gasteiger charge is -2.04. The minimum Gasteiger partial charge on any atom is -0.496 e. The van der Waals surface area contributed by atoms with E-state index in [2.05, 4.69) is 26.2 Å². The van der Waals surface area contributed by atoms with E-state index in [0.717, 1.165) is 21.5 Å².